The monoisotopic (exact) mass is 495 g/mol. The highest BCUT2D eigenvalue weighted by Gasteiger charge is 2.41. The van der Waals surface area contributed by atoms with Gasteiger partial charge in [0.15, 0.2) is 11.5 Å². The lowest BCUT2D eigenvalue weighted by Crippen LogP contribution is -2.45. The SMILES string of the molecule is COc1ccc(Cc2nccc3ccccc23)c(NC(=O)C(C)N2C(=O)c3ccccc3C2=O)c1OC. The summed E-state index contributed by atoms with van der Waals surface area (Å²) in [5.74, 6) is -0.765. The lowest BCUT2D eigenvalue weighted by molar-refractivity contribution is -0.119. The number of hydrogen-bond donors (Lipinski definition) is 1. The summed E-state index contributed by atoms with van der Waals surface area (Å²) in [4.78, 5) is 44.9. The van der Waals surface area contributed by atoms with E-state index in [2.05, 4.69) is 10.3 Å². The van der Waals surface area contributed by atoms with Crippen molar-refractivity contribution in [1.29, 1.82) is 0 Å². The fraction of sp³-hybridized carbons (Fsp3) is 0.172. The first-order valence-electron chi connectivity index (χ1n) is 11.8. The Hall–Kier alpha value is -4.72. The van der Waals surface area contributed by atoms with Crippen LogP contribution in [0.3, 0.4) is 0 Å². The molecule has 8 heteroatoms. The molecule has 3 aromatic carbocycles. The first-order chi connectivity index (χ1) is 17.9. The van der Waals surface area contributed by atoms with Gasteiger partial charge in [-0.1, -0.05) is 42.5 Å². The highest BCUT2D eigenvalue weighted by molar-refractivity contribution is 6.23. The molecular weight excluding hydrogens is 470 g/mol. The number of ether oxygens (including phenoxy) is 2. The fourth-order valence-electron chi connectivity index (χ4n) is 4.66. The first-order valence-corrected chi connectivity index (χ1v) is 11.8. The zero-order valence-corrected chi connectivity index (χ0v) is 20.6. The minimum absolute atomic E-state index is 0.286. The Bertz CT molecular complexity index is 1510. The van der Waals surface area contributed by atoms with Crippen LogP contribution >= 0.6 is 0 Å². The Kier molecular flexibility index (Phi) is 6.31. The number of aromatic nitrogens is 1. The van der Waals surface area contributed by atoms with Gasteiger partial charge in [-0.3, -0.25) is 24.3 Å². The molecule has 0 saturated heterocycles. The van der Waals surface area contributed by atoms with E-state index in [4.69, 9.17) is 9.47 Å². The molecule has 0 aliphatic carbocycles. The van der Waals surface area contributed by atoms with Crippen LogP contribution in [0.4, 0.5) is 5.69 Å². The van der Waals surface area contributed by atoms with Gasteiger partial charge in [-0.05, 0) is 42.1 Å². The Morgan fingerprint density at radius 1 is 0.919 bits per heavy atom. The van der Waals surface area contributed by atoms with Gasteiger partial charge in [-0.25, -0.2) is 0 Å². The topological polar surface area (TPSA) is 97.8 Å². The summed E-state index contributed by atoms with van der Waals surface area (Å²) < 4.78 is 11.1. The molecule has 1 atom stereocenters. The van der Waals surface area contributed by atoms with E-state index < -0.39 is 23.8 Å². The molecule has 1 aliphatic rings. The number of carbonyl (C=O) groups excluding carboxylic acids is 3. The summed E-state index contributed by atoms with van der Waals surface area (Å²) in [5.41, 5.74) is 2.53. The van der Waals surface area contributed by atoms with Gasteiger partial charge in [-0.15, -0.1) is 0 Å². The Morgan fingerprint density at radius 2 is 1.59 bits per heavy atom. The number of rotatable bonds is 7. The minimum atomic E-state index is -1.06. The van der Waals surface area contributed by atoms with Crippen LogP contribution in [0.1, 0.15) is 38.9 Å². The minimum Gasteiger partial charge on any atom is -0.493 e. The molecule has 1 N–H and O–H groups in total. The summed E-state index contributed by atoms with van der Waals surface area (Å²) in [6.45, 7) is 1.52. The number of nitrogens with zero attached hydrogens (tertiary/aromatic N) is 2. The molecule has 4 aromatic rings. The molecule has 0 spiro atoms. The molecule has 0 bridgehead atoms. The molecule has 0 fully saturated rings. The molecule has 8 nitrogen and oxygen atoms in total. The second-order valence-electron chi connectivity index (χ2n) is 8.68. The maximum absolute atomic E-state index is 13.5. The quantitative estimate of drug-likeness (QED) is 0.380. The lowest BCUT2D eigenvalue weighted by atomic mass is 10.0. The summed E-state index contributed by atoms with van der Waals surface area (Å²) in [6, 6.07) is 19.0. The van der Waals surface area contributed by atoms with Gasteiger partial charge >= 0.3 is 0 Å². The second-order valence-corrected chi connectivity index (χ2v) is 8.68. The first kappa shape index (κ1) is 24.0. The van der Waals surface area contributed by atoms with Gasteiger partial charge < -0.3 is 14.8 Å². The molecular formula is C29H25N3O5. The van der Waals surface area contributed by atoms with Crippen LogP contribution in [-0.4, -0.2) is 47.9 Å². The summed E-state index contributed by atoms with van der Waals surface area (Å²) in [5, 5.41) is 4.95. The molecule has 2 heterocycles. The molecule has 3 amide bonds. The number of imide groups is 1. The molecule has 1 aromatic heterocycles. The van der Waals surface area contributed by atoms with Crippen LogP contribution in [-0.2, 0) is 11.2 Å². The number of fused-ring (bicyclic) bond motifs is 2. The fourth-order valence-corrected chi connectivity index (χ4v) is 4.66. The number of hydrogen-bond acceptors (Lipinski definition) is 6. The lowest BCUT2D eigenvalue weighted by Gasteiger charge is -2.24. The van der Waals surface area contributed by atoms with Crippen LogP contribution < -0.4 is 14.8 Å². The number of methoxy groups -OCH3 is 2. The average Bonchev–Trinajstić information content (AvgIpc) is 3.18. The number of carbonyl (C=O) groups is 3. The maximum atomic E-state index is 13.5. The van der Waals surface area contributed by atoms with Crippen molar-refractivity contribution in [3.05, 3.63) is 95.3 Å². The van der Waals surface area contributed by atoms with Crippen LogP contribution in [0.5, 0.6) is 11.5 Å². The average molecular weight is 496 g/mol. The zero-order chi connectivity index (χ0) is 26.1. The number of pyridine rings is 1. The van der Waals surface area contributed by atoms with Crippen LogP contribution in [0, 0.1) is 0 Å². The standard InChI is InChI=1S/C29H25N3O5/c1-17(32-28(34)21-10-6-7-11-22(21)29(32)35)27(33)31-25-19(12-13-24(36-2)26(25)37-3)16-23-20-9-5-4-8-18(20)14-15-30-23/h4-15,17H,16H2,1-3H3,(H,31,33). The van der Waals surface area contributed by atoms with Gasteiger partial charge in [0.05, 0.1) is 36.7 Å². The predicted molar refractivity (Wildman–Crippen MR) is 139 cm³/mol. The van der Waals surface area contributed by atoms with Crippen molar-refractivity contribution < 1.29 is 23.9 Å². The molecule has 0 radical (unpaired) electrons. The van der Waals surface area contributed by atoms with E-state index in [0.29, 0.717) is 23.6 Å². The van der Waals surface area contributed by atoms with E-state index in [1.54, 1.807) is 36.5 Å². The van der Waals surface area contributed by atoms with Gasteiger partial charge in [-0.2, -0.15) is 0 Å². The van der Waals surface area contributed by atoms with E-state index in [1.165, 1.54) is 21.1 Å². The largest absolute Gasteiger partial charge is 0.493 e. The Balaban J connectivity index is 1.50. The smallest absolute Gasteiger partial charge is 0.262 e. The molecule has 0 saturated carbocycles. The predicted octanol–water partition coefficient (Wildman–Crippen LogP) is 4.47. The van der Waals surface area contributed by atoms with Crippen molar-refractivity contribution in [2.45, 2.75) is 19.4 Å². The van der Waals surface area contributed by atoms with E-state index >= 15 is 0 Å². The van der Waals surface area contributed by atoms with Gasteiger partial charge in [0, 0.05) is 18.0 Å². The Morgan fingerprint density at radius 3 is 2.27 bits per heavy atom. The molecule has 1 aliphatic heterocycles. The molecule has 1 unspecified atom stereocenters. The van der Waals surface area contributed by atoms with Crippen LogP contribution in [0.15, 0.2) is 72.9 Å². The third kappa shape index (κ3) is 4.16. The van der Waals surface area contributed by atoms with Crippen molar-refractivity contribution in [3.63, 3.8) is 0 Å². The summed E-state index contributed by atoms with van der Waals surface area (Å²) >= 11 is 0. The maximum Gasteiger partial charge on any atom is 0.262 e. The van der Waals surface area contributed by atoms with Crippen molar-refractivity contribution >= 4 is 34.2 Å². The van der Waals surface area contributed by atoms with Gasteiger partial charge in [0.25, 0.3) is 11.8 Å². The molecule has 37 heavy (non-hydrogen) atoms. The second kappa shape index (κ2) is 9.73. The van der Waals surface area contributed by atoms with E-state index in [-0.39, 0.29) is 11.1 Å². The van der Waals surface area contributed by atoms with E-state index in [1.807, 2.05) is 36.4 Å². The molecule has 186 valence electrons. The van der Waals surface area contributed by atoms with Crippen LogP contribution in [0.2, 0.25) is 0 Å². The van der Waals surface area contributed by atoms with E-state index in [0.717, 1.165) is 26.9 Å². The number of nitrogens with one attached hydrogen (secondary N) is 1. The van der Waals surface area contributed by atoms with Crippen molar-refractivity contribution in [2.24, 2.45) is 0 Å². The van der Waals surface area contributed by atoms with Crippen molar-refractivity contribution in [2.75, 3.05) is 19.5 Å². The van der Waals surface area contributed by atoms with Crippen molar-refractivity contribution in [1.82, 2.24) is 9.88 Å². The zero-order valence-electron chi connectivity index (χ0n) is 20.6. The number of benzene rings is 3. The molecule has 5 rings (SSSR count). The normalized spacial score (nSPS) is 13.4. The van der Waals surface area contributed by atoms with Crippen LogP contribution in [0.25, 0.3) is 10.8 Å². The summed E-state index contributed by atoms with van der Waals surface area (Å²) in [7, 11) is 3.00. The summed E-state index contributed by atoms with van der Waals surface area (Å²) in [6.07, 6.45) is 2.15. The number of amides is 3. The highest BCUT2D eigenvalue weighted by atomic mass is 16.5. The third-order valence-electron chi connectivity index (χ3n) is 6.59. The van der Waals surface area contributed by atoms with Crippen molar-refractivity contribution in [3.8, 4) is 11.5 Å². The van der Waals surface area contributed by atoms with Gasteiger partial charge in [0.2, 0.25) is 5.91 Å². The van der Waals surface area contributed by atoms with E-state index in [9.17, 15) is 14.4 Å². The third-order valence-corrected chi connectivity index (χ3v) is 6.59. The Labute approximate surface area is 213 Å². The number of anilines is 1. The van der Waals surface area contributed by atoms with Gasteiger partial charge in [0.1, 0.15) is 6.04 Å². The highest BCUT2D eigenvalue weighted by Crippen LogP contribution is 2.39.